The van der Waals surface area contributed by atoms with Crippen molar-refractivity contribution in [3.63, 3.8) is 0 Å². The van der Waals surface area contributed by atoms with E-state index in [0.717, 1.165) is 0 Å². The van der Waals surface area contributed by atoms with Gasteiger partial charge in [0.05, 0.1) is 5.60 Å². The van der Waals surface area contributed by atoms with E-state index in [1.807, 2.05) is 13.8 Å². The molecule has 5 unspecified atom stereocenters. The van der Waals surface area contributed by atoms with E-state index >= 15 is 0 Å². The van der Waals surface area contributed by atoms with Crippen molar-refractivity contribution < 1.29 is 5.11 Å². The molecule has 0 amide bonds. The molecule has 2 rings (SSSR count). The Hall–Kier alpha value is -0.300. The molecular weight excluding hydrogens is 292 g/mol. The van der Waals surface area contributed by atoms with Gasteiger partial charge in [-0.2, -0.15) is 0 Å². The number of hydrogen-bond acceptors (Lipinski definition) is 1. The maximum Gasteiger partial charge on any atom is 0.0628 e. The van der Waals surface area contributed by atoms with Crippen molar-refractivity contribution in [3.8, 4) is 0 Å². The van der Waals surface area contributed by atoms with Gasteiger partial charge < -0.3 is 5.11 Å². The minimum Gasteiger partial charge on any atom is -0.390 e. The zero-order valence-corrected chi connectivity index (χ0v) is 18.1. The second kappa shape index (κ2) is 5.60. The average molecular weight is 335 g/mol. The summed E-state index contributed by atoms with van der Waals surface area (Å²) in [5.74, 6) is 2.62. The third kappa shape index (κ3) is 3.48. The summed E-state index contributed by atoms with van der Waals surface area (Å²) in [6.07, 6.45) is 3.77. The molecule has 2 aliphatic carbocycles. The normalized spacial score (nSPS) is 35.2. The first-order valence-corrected chi connectivity index (χ1v) is 9.88. The van der Waals surface area contributed by atoms with E-state index in [2.05, 4.69) is 68.4 Å². The highest BCUT2D eigenvalue weighted by Gasteiger charge is 2.58. The Labute approximate surface area is 151 Å². The van der Waals surface area contributed by atoms with Crippen LogP contribution in [0.3, 0.4) is 0 Å². The SMILES string of the molecule is CC(C)(C)C1C=C2CC(C(C(C)(C)C)C2C(C)(C)C)C1C(C)(C)O. The van der Waals surface area contributed by atoms with Crippen LogP contribution < -0.4 is 0 Å². The summed E-state index contributed by atoms with van der Waals surface area (Å²) in [5.41, 5.74) is 1.75. The van der Waals surface area contributed by atoms with E-state index in [9.17, 15) is 5.11 Å². The summed E-state index contributed by atoms with van der Waals surface area (Å²) in [6, 6.07) is 0. The fraction of sp³-hybridized carbons (Fsp3) is 0.913. The lowest BCUT2D eigenvalue weighted by Gasteiger charge is -2.49. The Morgan fingerprint density at radius 1 is 0.750 bits per heavy atom. The van der Waals surface area contributed by atoms with Crippen LogP contribution in [0.25, 0.3) is 0 Å². The summed E-state index contributed by atoms with van der Waals surface area (Å²) >= 11 is 0. The molecule has 1 nitrogen and oxygen atoms in total. The van der Waals surface area contributed by atoms with Gasteiger partial charge in [0, 0.05) is 0 Å². The Balaban J connectivity index is 2.65. The lowest BCUT2D eigenvalue weighted by molar-refractivity contribution is -0.0790. The molecule has 1 fully saturated rings. The summed E-state index contributed by atoms with van der Waals surface area (Å²) in [6.45, 7) is 25.6. The van der Waals surface area contributed by atoms with Gasteiger partial charge in [0.2, 0.25) is 0 Å². The lowest BCUT2D eigenvalue weighted by atomic mass is 9.56. The Kier molecular flexibility index (Phi) is 4.67. The number of allylic oxidation sites excluding steroid dienone is 2. The number of fused-ring (bicyclic) bond motifs is 2. The maximum atomic E-state index is 11.1. The monoisotopic (exact) mass is 334 g/mol. The molecule has 24 heavy (non-hydrogen) atoms. The van der Waals surface area contributed by atoms with Crippen LogP contribution >= 0.6 is 0 Å². The maximum absolute atomic E-state index is 11.1. The standard InChI is InChI=1S/C23H42O/c1-20(2,3)16-13-14-12-15(18(16)23(10,11)24)19(22(7,8)9)17(14)21(4,5)6/h13,15-19,24H,12H2,1-11H3. The predicted molar refractivity (Wildman–Crippen MR) is 105 cm³/mol. The number of rotatable bonds is 1. The molecule has 1 heteroatoms. The summed E-state index contributed by atoms with van der Waals surface area (Å²) < 4.78 is 0. The predicted octanol–water partition coefficient (Wildman–Crippen LogP) is 6.32. The lowest BCUT2D eigenvalue weighted by Crippen LogP contribution is -2.48. The van der Waals surface area contributed by atoms with Crippen LogP contribution in [0.2, 0.25) is 0 Å². The summed E-state index contributed by atoms with van der Waals surface area (Å²) in [5, 5.41) is 11.1. The molecule has 0 heterocycles. The first-order valence-electron chi connectivity index (χ1n) is 9.88. The first kappa shape index (κ1) is 20.0. The van der Waals surface area contributed by atoms with E-state index in [4.69, 9.17) is 0 Å². The van der Waals surface area contributed by atoms with Crippen molar-refractivity contribution in [3.05, 3.63) is 11.6 Å². The number of hydrogen-bond donors (Lipinski definition) is 1. The van der Waals surface area contributed by atoms with Gasteiger partial charge in [-0.15, -0.1) is 0 Å². The van der Waals surface area contributed by atoms with Crippen molar-refractivity contribution in [2.45, 2.75) is 88.2 Å². The van der Waals surface area contributed by atoms with Crippen LogP contribution in [0.1, 0.15) is 82.6 Å². The molecule has 0 aromatic heterocycles. The minimum atomic E-state index is -0.638. The van der Waals surface area contributed by atoms with Crippen LogP contribution in [0.4, 0.5) is 0 Å². The topological polar surface area (TPSA) is 20.2 Å². The Morgan fingerprint density at radius 3 is 1.58 bits per heavy atom. The van der Waals surface area contributed by atoms with Gasteiger partial charge in [0.15, 0.2) is 0 Å². The van der Waals surface area contributed by atoms with Crippen LogP contribution in [-0.2, 0) is 0 Å². The molecule has 0 saturated heterocycles. The third-order valence-corrected chi connectivity index (χ3v) is 6.68. The summed E-state index contributed by atoms with van der Waals surface area (Å²) in [4.78, 5) is 0. The van der Waals surface area contributed by atoms with Crippen molar-refractivity contribution in [1.82, 2.24) is 0 Å². The molecule has 1 N–H and O–H groups in total. The Morgan fingerprint density at radius 2 is 1.25 bits per heavy atom. The second-order valence-corrected chi connectivity index (χ2v) is 12.4. The fourth-order valence-corrected chi connectivity index (χ4v) is 6.12. The third-order valence-electron chi connectivity index (χ3n) is 6.68. The smallest absolute Gasteiger partial charge is 0.0628 e. The van der Waals surface area contributed by atoms with E-state index in [1.165, 1.54) is 6.42 Å². The molecule has 0 radical (unpaired) electrons. The van der Waals surface area contributed by atoms with Crippen molar-refractivity contribution in [2.75, 3.05) is 0 Å². The molecule has 2 bridgehead atoms. The van der Waals surface area contributed by atoms with Gasteiger partial charge >= 0.3 is 0 Å². The molecular formula is C23H42O. The molecule has 2 aliphatic rings. The molecule has 0 aromatic rings. The second-order valence-electron chi connectivity index (χ2n) is 12.4. The molecule has 5 atom stereocenters. The van der Waals surface area contributed by atoms with Crippen molar-refractivity contribution in [2.24, 2.45) is 45.8 Å². The first-order chi connectivity index (χ1) is 10.5. The van der Waals surface area contributed by atoms with Gasteiger partial charge in [-0.05, 0) is 66.1 Å². The Bertz CT molecular complexity index is 482. The zero-order valence-electron chi connectivity index (χ0n) is 18.1. The van der Waals surface area contributed by atoms with Crippen LogP contribution in [0, 0.1) is 45.8 Å². The average Bonchev–Trinajstić information content (AvgIpc) is 2.57. The van der Waals surface area contributed by atoms with Gasteiger partial charge in [0.1, 0.15) is 0 Å². The quantitative estimate of drug-likeness (QED) is 0.556. The highest BCUT2D eigenvalue weighted by Crippen LogP contribution is 2.64. The highest BCUT2D eigenvalue weighted by molar-refractivity contribution is 5.28. The van der Waals surface area contributed by atoms with Crippen molar-refractivity contribution in [1.29, 1.82) is 0 Å². The van der Waals surface area contributed by atoms with Crippen LogP contribution in [-0.4, -0.2) is 10.7 Å². The number of aliphatic hydroxyl groups is 1. The molecule has 0 aromatic carbocycles. The molecule has 0 spiro atoms. The minimum absolute atomic E-state index is 0.184. The largest absolute Gasteiger partial charge is 0.390 e. The summed E-state index contributed by atoms with van der Waals surface area (Å²) in [7, 11) is 0. The molecule has 1 saturated carbocycles. The van der Waals surface area contributed by atoms with E-state index in [0.29, 0.717) is 29.6 Å². The van der Waals surface area contributed by atoms with Crippen LogP contribution in [0.5, 0.6) is 0 Å². The van der Waals surface area contributed by atoms with E-state index in [-0.39, 0.29) is 16.2 Å². The highest BCUT2D eigenvalue weighted by atomic mass is 16.3. The molecule has 140 valence electrons. The van der Waals surface area contributed by atoms with Gasteiger partial charge in [-0.3, -0.25) is 0 Å². The molecule has 0 aliphatic heterocycles. The zero-order chi connectivity index (χ0) is 18.9. The van der Waals surface area contributed by atoms with Crippen molar-refractivity contribution >= 4 is 0 Å². The fourth-order valence-electron chi connectivity index (χ4n) is 6.12. The van der Waals surface area contributed by atoms with Gasteiger partial charge in [-0.1, -0.05) is 74.0 Å². The van der Waals surface area contributed by atoms with E-state index in [1.54, 1.807) is 5.57 Å². The van der Waals surface area contributed by atoms with Gasteiger partial charge in [-0.25, -0.2) is 0 Å². The van der Waals surface area contributed by atoms with Crippen LogP contribution in [0.15, 0.2) is 11.6 Å². The van der Waals surface area contributed by atoms with E-state index < -0.39 is 5.60 Å². The van der Waals surface area contributed by atoms with Gasteiger partial charge in [0.25, 0.3) is 0 Å².